The topological polar surface area (TPSA) is 23.8 Å². The van der Waals surface area contributed by atoms with E-state index in [2.05, 4.69) is 6.07 Å². The molecule has 0 fully saturated rings. The summed E-state index contributed by atoms with van der Waals surface area (Å²) in [6.07, 6.45) is 1.98. The Balaban J connectivity index is 2.23. The highest BCUT2D eigenvalue weighted by Gasteiger charge is 2.24. The SMILES string of the molecule is N#CC1C=C1c1ccccc1. The molecule has 0 amide bonds. The molecule has 1 heteroatoms. The minimum Gasteiger partial charge on any atom is -0.197 e. The highest BCUT2D eigenvalue weighted by atomic mass is 14.3. The van der Waals surface area contributed by atoms with Gasteiger partial charge in [0.05, 0.1) is 12.0 Å². The largest absolute Gasteiger partial charge is 0.197 e. The van der Waals surface area contributed by atoms with Gasteiger partial charge in [-0.3, -0.25) is 0 Å². The highest BCUT2D eigenvalue weighted by molar-refractivity contribution is 5.82. The molecule has 0 aromatic heterocycles. The fourth-order valence-electron chi connectivity index (χ4n) is 1.14. The van der Waals surface area contributed by atoms with Crippen LogP contribution in [0.4, 0.5) is 0 Å². The summed E-state index contributed by atoms with van der Waals surface area (Å²) in [6, 6.07) is 12.2. The standard InChI is InChI=1S/C10H7N/c11-7-9-6-10(9)8-4-2-1-3-5-8/h1-6,9H. The van der Waals surface area contributed by atoms with Gasteiger partial charge in [0.25, 0.3) is 0 Å². The van der Waals surface area contributed by atoms with Gasteiger partial charge in [0.2, 0.25) is 0 Å². The van der Waals surface area contributed by atoms with Gasteiger partial charge in [-0.05, 0) is 11.1 Å². The summed E-state index contributed by atoms with van der Waals surface area (Å²) >= 11 is 0. The smallest absolute Gasteiger partial charge is 0.0903 e. The molecule has 1 aromatic rings. The molecule has 52 valence electrons. The molecule has 0 N–H and O–H groups in total. The van der Waals surface area contributed by atoms with E-state index in [9.17, 15) is 0 Å². The van der Waals surface area contributed by atoms with Crippen LogP contribution in [-0.2, 0) is 0 Å². The fraction of sp³-hybridized carbons (Fsp3) is 0.100. The summed E-state index contributed by atoms with van der Waals surface area (Å²) in [6.45, 7) is 0. The van der Waals surface area contributed by atoms with Crippen LogP contribution < -0.4 is 0 Å². The Kier molecular flexibility index (Phi) is 1.26. The molecular weight excluding hydrogens is 134 g/mol. The first-order valence-corrected chi connectivity index (χ1v) is 3.58. The van der Waals surface area contributed by atoms with Gasteiger partial charge in [0.1, 0.15) is 0 Å². The minimum atomic E-state index is 0.0809. The van der Waals surface area contributed by atoms with Crippen LogP contribution in [-0.4, -0.2) is 0 Å². The van der Waals surface area contributed by atoms with Gasteiger partial charge < -0.3 is 0 Å². The first kappa shape index (κ1) is 6.18. The molecule has 1 unspecified atom stereocenters. The van der Waals surface area contributed by atoms with Crippen LogP contribution in [0.15, 0.2) is 36.4 Å². The number of benzene rings is 1. The third-order valence-corrected chi connectivity index (χ3v) is 1.82. The van der Waals surface area contributed by atoms with Crippen LogP contribution in [0, 0.1) is 17.2 Å². The monoisotopic (exact) mass is 141 g/mol. The van der Waals surface area contributed by atoms with Crippen molar-refractivity contribution in [3.63, 3.8) is 0 Å². The average molecular weight is 141 g/mol. The van der Waals surface area contributed by atoms with Crippen LogP contribution >= 0.6 is 0 Å². The Morgan fingerprint density at radius 3 is 2.45 bits per heavy atom. The molecular formula is C10H7N. The van der Waals surface area contributed by atoms with Gasteiger partial charge in [-0.2, -0.15) is 5.26 Å². The third-order valence-electron chi connectivity index (χ3n) is 1.82. The van der Waals surface area contributed by atoms with E-state index >= 15 is 0 Å². The quantitative estimate of drug-likeness (QED) is 0.588. The van der Waals surface area contributed by atoms with Crippen molar-refractivity contribution in [3.8, 4) is 6.07 Å². The summed E-state index contributed by atoms with van der Waals surface area (Å²) in [4.78, 5) is 0. The molecule has 11 heavy (non-hydrogen) atoms. The second-order valence-corrected chi connectivity index (χ2v) is 2.59. The van der Waals surface area contributed by atoms with Crippen molar-refractivity contribution >= 4 is 5.57 Å². The Hall–Kier alpha value is -1.55. The van der Waals surface area contributed by atoms with Crippen molar-refractivity contribution in [1.82, 2.24) is 0 Å². The van der Waals surface area contributed by atoms with Gasteiger partial charge in [-0.15, -0.1) is 0 Å². The zero-order chi connectivity index (χ0) is 7.68. The lowest BCUT2D eigenvalue weighted by Gasteiger charge is -1.91. The molecule has 2 rings (SSSR count). The second kappa shape index (κ2) is 2.25. The zero-order valence-corrected chi connectivity index (χ0v) is 5.99. The summed E-state index contributed by atoms with van der Waals surface area (Å²) in [5, 5.41) is 8.54. The van der Waals surface area contributed by atoms with E-state index in [1.54, 1.807) is 0 Å². The summed E-state index contributed by atoms with van der Waals surface area (Å²) in [5.74, 6) is 0.0809. The molecule has 0 radical (unpaired) electrons. The molecule has 0 saturated heterocycles. The molecule has 0 heterocycles. The Morgan fingerprint density at radius 2 is 1.91 bits per heavy atom. The molecule has 1 atom stereocenters. The third kappa shape index (κ3) is 1.03. The van der Waals surface area contributed by atoms with E-state index < -0.39 is 0 Å². The lowest BCUT2D eigenvalue weighted by Crippen LogP contribution is -1.75. The summed E-state index contributed by atoms with van der Waals surface area (Å²) < 4.78 is 0. The number of rotatable bonds is 1. The molecule has 0 spiro atoms. The Labute approximate surface area is 65.6 Å². The molecule has 1 nitrogen and oxygen atoms in total. The maximum Gasteiger partial charge on any atom is 0.0903 e. The van der Waals surface area contributed by atoms with Crippen molar-refractivity contribution in [2.75, 3.05) is 0 Å². The number of hydrogen-bond acceptors (Lipinski definition) is 1. The van der Waals surface area contributed by atoms with E-state index in [4.69, 9.17) is 5.26 Å². The maximum absolute atomic E-state index is 8.54. The van der Waals surface area contributed by atoms with Crippen molar-refractivity contribution in [1.29, 1.82) is 5.26 Å². The lowest BCUT2D eigenvalue weighted by atomic mass is 10.1. The van der Waals surface area contributed by atoms with Crippen LogP contribution in [0.5, 0.6) is 0 Å². The average Bonchev–Trinajstić information content (AvgIpc) is 2.85. The Bertz CT molecular complexity index is 330. The maximum atomic E-state index is 8.54. The summed E-state index contributed by atoms with van der Waals surface area (Å²) in [7, 11) is 0. The van der Waals surface area contributed by atoms with E-state index in [0.29, 0.717) is 0 Å². The first-order chi connectivity index (χ1) is 5.42. The van der Waals surface area contributed by atoms with Gasteiger partial charge >= 0.3 is 0 Å². The predicted octanol–water partition coefficient (Wildman–Crippen LogP) is 2.22. The van der Waals surface area contributed by atoms with E-state index in [-0.39, 0.29) is 5.92 Å². The molecule has 0 aliphatic heterocycles. The van der Waals surface area contributed by atoms with Crippen LogP contribution in [0.3, 0.4) is 0 Å². The normalized spacial score (nSPS) is 20.3. The highest BCUT2D eigenvalue weighted by Crippen LogP contribution is 2.37. The van der Waals surface area contributed by atoms with E-state index in [0.717, 1.165) is 0 Å². The second-order valence-electron chi connectivity index (χ2n) is 2.59. The van der Waals surface area contributed by atoms with E-state index in [1.807, 2.05) is 36.4 Å². The zero-order valence-electron chi connectivity index (χ0n) is 5.99. The number of nitriles is 1. The van der Waals surface area contributed by atoms with Crippen molar-refractivity contribution in [2.45, 2.75) is 0 Å². The molecule has 1 aliphatic rings. The number of nitrogens with zero attached hydrogens (tertiary/aromatic N) is 1. The fourth-order valence-corrected chi connectivity index (χ4v) is 1.14. The predicted molar refractivity (Wildman–Crippen MR) is 43.5 cm³/mol. The number of allylic oxidation sites excluding steroid dienone is 2. The molecule has 0 saturated carbocycles. The molecule has 1 aliphatic carbocycles. The molecule has 0 bridgehead atoms. The van der Waals surface area contributed by atoms with Gasteiger partial charge in [0.15, 0.2) is 0 Å². The minimum absolute atomic E-state index is 0.0809. The molecule has 1 aromatic carbocycles. The van der Waals surface area contributed by atoms with Gasteiger partial charge in [-0.25, -0.2) is 0 Å². The van der Waals surface area contributed by atoms with Crippen molar-refractivity contribution in [2.24, 2.45) is 5.92 Å². The summed E-state index contributed by atoms with van der Waals surface area (Å²) in [5.41, 5.74) is 2.35. The van der Waals surface area contributed by atoms with Crippen LogP contribution in [0.2, 0.25) is 0 Å². The van der Waals surface area contributed by atoms with Crippen molar-refractivity contribution in [3.05, 3.63) is 42.0 Å². The van der Waals surface area contributed by atoms with Crippen LogP contribution in [0.25, 0.3) is 5.57 Å². The van der Waals surface area contributed by atoms with Crippen molar-refractivity contribution < 1.29 is 0 Å². The first-order valence-electron chi connectivity index (χ1n) is 3.58. The number of hydrogen-bond donors (Lipinski definition) is 0. The van der Waals surface area contributed by atoms with Crippen LogP contribution in [0.1, 0.15) is 5.56 Å². The lowest BCUT2D eigenvalue weighted by molar-refractivity contribution is 1.25. The Morgan fingerprint density at radius 1 is 1.18 bits per heavy atom. The van der Waals surface area contributed by atoms with Gasteiger partial charge in [0, 0.05) is 0 Å². The van der Waals surface area contributed by atoms with Gasteiger partial charge in [-0.1, -0.05) is 36.4 Å². The van der Waals surface area contributed by atoms with E-state index in [1.165, 1.54) is 11.1 Å².